The number of amides is 2. The highest BCUT2D eigenvalue weighted by Gasteiger charge is 2.40. The molecule has 2 atom stereocenters. The molecule has 0 bridgehead atoms. The summed E-state index contributed by atoms with van der Waals surface area (Å²) in [5, 5.41) is 0. The number of hydrogen-bond acceptors (Lipinski definition) is 3. The van der Waals surface area contributed by atoms with E-state index in [-0.39, 0.29) is 24.5 Å². The summed E-state index contributed by atoms with van der Waals surface area (Å²) in [6.07, 6.45) is 6.48. The van der Waals surface area contributed by atoms with Gasteiger partial charge in [0.2, 0.25) is 5.91 Å². The van der Waals surface area contributed by atoms with Crippen molar-refractivity contribution >= 4 is 12.0 Å². The first kappa shape index (κ1) is 18.2. The van der Waals surface area contributed by atoms with Crippen molar-refractivity contribution in [3.8, 4) is 0 Å². The zero-order valence-electron chi connectivity index (χ0n) is 14.4. The Morgan fingerprint density at radius 2 is 2.12 bits per heavy atom. The van der Waals surface area contributed by atoms with Crippen LogP contribution in [0.5, 0.6) is 0 Å². The van der Waals surface area contributed by atoms with Crippen LogP contribution in [0, 0.1) is 5.92 Å². The number of nitrogens with zero attached hydrogens (tertiary/aromatic N) is 1. The topological polar surface area (TPSA) is 46.6 Å². The maximum Gasteiger partial charge on any atom is 0.416 e. The Morgan fingerprint density at radius 3 is 2.79 bits per heavy atom. The molecule has 0 N–H and O–H groups in total. The van der Waals surface area contributed by atoms with Crippen molar-refractivity contribution < 1.29 is 14.3 Å². The summed E-state index contributed by atoms with van der Waals surface area (Å²) in [6.45, 7) is 6.17. The molecule has 1 heterocycles. The van der Waals surface area contributed by atoms with Gasteiger partial charge in [0.15, 0.2) is 0 Å². The summed E-state index contributed by atoms with van der Waals surface area (Å²) in [5.41, 5.74) is 1.10. The second-order valence-corrected chi connectivity index (χ2v) is 6.35. The van der Waals surface area contributed by atoms with E-state index in [1.54, 1.807) is 6.08 Å². The van der Waals surface area contributed by atoms with Gasteiger partial charge < -0.3 is 4.74 Å². The quantitative estimate of drug-likeness (QED) is 0.500. The summed E-state index contributed by atoms with van der Waals surface area (Å²) >= 11 is 0. The molecule has 2 rings (SSSR count). The van der Waals surface area contributed by atoms with E-state index in [1.165, 1.54) is 4.90 Å². The first-order valence-corrected chi connectivity index (χ1v) is 8.82. The van der Waals surface area contributed by atoms with Gasteiger partial charge in [0.1, 0.15) is 6.61 Å². The van der Waals surface area contributed by atoms with Gasteiger partial charge in [-0.25, -0.2) is 9.69 Å². The van der Waals surface area contributed by atoms with Crippen LogP contribution >= 0.6 is 0 Å². The average molecular weight is 329 g/mol. The molecular weight excluding hydrogens is 302 g/mol. The molecule has 130 valence electrons. The summed E-state index contributed by atoms with van der Waals surface area (Å²) < 4.78 is 5.17. The fourth-order valence-corrected chi connectivity index (χ4v) is 3.15. The van der Waals surface area contributed by atoms with Crippen LogP contribution in [0.3, 0.4) is 0 Å². The molecule has 0 unspecified atom stereocenters. The lowest BCUT2D eigenvalue weighted by molar-refractivity contribution is -0.133. The van der Waals surface area contributed by atoms with E-state index in [0.717, 1.165) is 31.2 Å². The van der Waals surface area contributed by atoms with Gasteiger partial charge in [-0.15, -0.1) is 6.58 Å². The number of unbranched alkanes of at least 4 members (excludes halogenated alkanes) is 2. The molecule has 1 aliphatic rings. The maximum absolute atomic E-state index is 12.9. The minimum Gasteiger partial charge on any atom is -0.447 e. The lowest BCUT2D eigenvalue weighted by Crippen LogP contribution is -2.43. The van der Waals surface area contributed by atoms with Crippen molar-refractivity contribution in [2.24, 2.45) is 5.92 Å². The van der Waals surface area contributed by atoms with Gasteiger partial charge in [-0.2, -0.15) is 0 Å². The lowest BCUT2D eigenvalue weighted by atomic mass is 9.95. The Kier molecular flexibility index (Phi) is 7.04. The van der Waals surface area contributed by atoms with Crippen LogP contribution in [0.4, 0.5) is 4.79 Å². The predicted octanol–water partition coefficient (Wildman–Crippen LogP) is 4.35. The number of carbonyl (C=O) groups is 2. The molecule has 1 fully saturated rings. The van der Waals surface area contributed by atoms with Crippen molar-refractivity contribution in [1.29, 1.82) is 0 Å². The van der Waals surface area contributed by atoms with Crippen molar-refractivity contribution in [2.75, 3.05) is 6.61 Å². The molecule has 1 aliphatic heterocycles. The molecule has 4 nitrogen and oxygen atoms in total. The third-order valence-electron chi connectivity index (χ3n) is 4.47. The van der Waals surface area contributed by atoms with Crippen LogP contribution in [0.15, 0.2) is 43.0 Å². The van der Waals surface area contributed by atoms with Crippen LogP contribution in [-0.2, 0) is 16.0 Å². The fraction of sp³-hybridized carbons (Fsp3) is 0.500. The van der Waals surface area contributed by atoms with E-state index in [4.69, 9.17) is 4.74 Å². The first-order valence-electron chi connectivity index (χ1n) is 8.82. The molecule has 2 amide bonds. The maximum atomic E-state index is 12.9. The van der Waals surface area contributed by atoms with Gasteiger partial charge in [-0.1, -0.05) is 62.6 Å². The number of hydrogen-bond donors (Lipinski definition) is 0. The first-order chi connectivity index (χ1) is 11.7. The second kappa shape index (κ2) is 9.26. The largest absolute Gasteiger partial charge is 0.447 e. The smallest absolute Gasteiger partial charge is 0.416 e. The Hall–Kier alpha value is -2.10. The third-order valence-corrected chi connectivity index (χ3v) is 4.47. The van der Waals surface area contributed by atoms with Gasteiger partial charge in [-0.05, 0) is 24.8 Å². The van der Waals surface area contributed by atoms with Crippen LogP contribution in [0.25, 0.3) is 0 Å². The Labute approximate surface area is 144 Å². The highest BCUT2D eigenvalue weighted by atomic mass is 16.6. The van der Waals surface area contributed by atoms with E-state index >= 15 is 0 Å². The van der Waals surface area contributed by atoms with Crippen molar-refractivity contribution in [1.82, 2.24) is 4.90 Å². The van der Waals surface area contributed by atoms with Crippen LogP contribution in [0.1, 0.15) is 44.6 Å². The van der Waals surface area contributed by atoms with Gasteiger partial charge in [-0.3, -0.25) is 4.79 Å². The molecule has 1 saturated heterocycles. The monoisotopic (exact) mass is 329 g/mol. The summed E-state index contributed by atoms with van der Waals surface area (Å²) in [4.78, 5) is 26.4. The number of rotatable bonds is 9. The van der Waals surface area contributed by atoms with E-state index < -0.39 is 6.09 Å². The molecule has 24 heavy (non-hydrogen) atoms. The zero-order chi connectivity index (χ0) is 17.4. The molecule has 0 aliphatic carbocycles. The third kappa shape index (κ3) is 4.70. The fourth-order valence-electron chi connectivity index (χ4n) is 3.15. The van der Waals surface area contributed by atoms with Crippen LogP contribution in [0.2, 0.25) is 0 Å². The summed E-state index contributed by atoms with van der Waals surface area (Å²) in [6, 6.07) is 9.68. The minimum atomic E-state index is -0.509. The molecule has 0 spiro atoms. The van der Waals surface area contributed by atoms with E-state index in [0.29, 0.717) is 12.8 Å². The van der Waals surface area contributed by atoms with Gasteiger partial charge >= 0.3 is 6.09 Å². The van der Waals surface area contributed by atoms with Crippen LogP contribution in [-0.4, -0.2) is 29.5 Å². The molecule has 4 heteroatoms. The molecule has 1 aromatic rings. The lowest BCUT2D eigenvalue weighted by Gasteiger charge is -2.24. The number of cyclic esters (lactones) is 1. The highest BCUT2D eigenvalue weighted by molar-refractivity contribution is 5.94. The number of imide groups is 1. The van der Waals surface area contributed by atoms with Gasteiger partial charge in [0, 0.05) is 5.92 Å². The Bertz CT molecular complexity index is 555. The number of allylic oxidation sites excluding steroid dienone is 1. The normalized spacial score (nSPS) is 18.3. The highest BCUT2D eigenvalue weighted by Crippen LogP contribution is 2.24. The number of carbonyl (C=O) groups excluding carboxylic acids is 2. The van der Waals surface area contributed by atoms with Gasteiger partial charge in [0.25, 0.3) is 0 Å². The summed E-state index contributed by atoms with van der Waals surface area (Å²) in [5.74, 6) is -0.299. The van der Waals surface area contributed by atoms with Crippen molar-refractivity contribution in [2.45, 2.75) is 51.5 Å². The van der Waals surface area contributed by atoms with Crippen molar-refractivity contribution in [3.05, 3.63) is 48.6 Å². The summed E-state index contributed by atoms with van der Waals surface area (Å²) in [7, 11) is 0. The van der Waals surface area contributed by atoms with Gasteiger partial charge in [0.05, 0.1) is 6.04 Å². The SMILES string of the molecule is C=CC[C@H](CCCCC)C(=O)N1C(=O)OC[C@H]1Cc1ccccc1. The zero-order valence-corrected chi connectivity index (χ0v) is 14.4. The molecule has 0 saturated carbocycles. The minimum absolute atomic E-state index is 0.116. The Balaban J connectivity index is 2.07. The number of benzene rings is 1. The average Bonchev–Trinajstić information content (AvgIpc) is 2.95. The Morgan fingerprint density at radius 1 is 1.38 bits per heavy atom. The molecule has 0 radical (unpaired) electrons. The van der Waals surface area contributed by atoms with E-state index in [1.807, 2.05) is 30.3 Å². The standard InChI is InChI=1S/C20H27NO3/c1-3-5-7-13-17(10-4-2)19(22)21-18(15-24-20(21)23)14-16-11-8-6-9-12-16/h4,6,8-9,11-12,17-18H,2-3,5,7,10,13-15H2,1H3/t17-,18-/m1/s1. The second-order valence-electron chi connectivity index (χ2n) is 6.35. The van der Waals surface area contributed by atoms with E-state index in [9.17, 15) is 9.59 Å². The van der Waals surface area contributed by atoms with Crippen LogP contribution < -0.4 is 0 Å². The predicted molar refractivity (Wildman–Crippen MR) is 94.6 cm³/mol. The molecule has 1 aromatic carbocycles. The van der Waals surface area contributed by atoms with E-state index in [2.05, 4.69) is 13.5 Å². The molecular formula is C20H27NO3. The van der Waals surface area contributed by atoms with Crippen molar-refractivity contribution in [3.63, 3.8) is 0 Å². The number of ether oxygens (including phenoxy) is 1. The molecule has 0 aromatic heterocycles.